The zero-order chi connectivity index (χ0) is 17.9. The van der Waals surface area contributed by atoms with Crippen LogP contribution >= 0.6 is 11.8 Å². The molecule has 0 unspecified atom stereocenters. The lowest BCUT2D eigenvalue weighted by molar-refractivity contribution is 0.387. The summed E-state index contributed by atoms with van der Waals surface area (Å²) >= 11 is 1.40. The molecule has 8 heteroatoms. The van der Waals surface area contributed by atoms with Crippen LogP contribution in [0.1, 0.15) is 5.89 Å². The molecule has 0 bridgehead atoms. The Bertz CT molecular complexity index is 1010. The minimum atomic E-state index is 0.456. The third-order valence-electron chi connectivity index (χ3n) is 3.71. The van der Waals surface area contributed by atoms with Gasteiger partial charge in [-0.15, -0.1) is 0 Å². The zero-order valence-electron chi connectivity index (χ0n) is 14.1. The van der Waals surface area contributed by atoms with Crippen LogP contribution in [0.5, 0.6) is 11.5 Å². The van der Waals surface area contributed by atoms with E-state index >= 15 is 0 Å². The number of oxazole rings is 1. The van der Waals surface area contributed by atoms with Crippen LogP contribution in [0.25, 0.3) is 22.5 Å². The summed E-state index contributed by atoms with van der Waals surface area (Å²) < 4.78 is 21.6. The lowest BCUT2D eigenvalue weighted by atomic mass is 10.2. The van der Waals surface area contributed by atoms with Gasteiger partial charge in [0.1, 0.15) is 17.0 Å². The average molecular weight is 369 g/mol. The number of benzene rings is 2. The van der Waals surface area contributed by atoms with Gasteiger partial charge in [0.15, 0.2) is 5.58 Å². The molecule has 0 spiro atoms. The number of hydrogen-bond acceptors (Lipinski definition) is 8. The topological polar surface area (TPSA) is 83.4 Å². The molecule has 132 valence electrons. The van der Waals surface area contributed by atoms with E-state index in [1.54, 1.807) is 20.3 Å². The van der Waals surface area contributed by atoms with Gasteiger partial charge >= 0.3 is 0 Å². The lowest BCUT2D eigenvalue weighted by Gasteiger charge is -2.07. The highest BCUT2D eigenvalue weighted by molar-refractivity contribution is 7.98. The lowest BCUT2D eigenvalue weighted by Crippen LogP contribution is -1.91. The highest BCUT2D eigenvalue weighted by Gasteiger charge is 2.15. The van der Waals surface area contributed by atoms with Gasteiger partial charge in [-0.1, -0.05) is 29.1 Å². The molecule has 0 saturated carbocycles. The van der Waals surface area contributed by atoms with Crippen LogP contribution in [0.4, 0.5) is 0 Å². The first-order valence-corrected chi connectivity index (χ1v) is 8.79. The summed E-state index contributed by atoms with van der Waals surface area (Å²) in [4.78, 5) is 8.84. The second-order valence-electron chi connectivity index (χ2n) is 5.31. The minimum absolute atomic E-state index is 0.456. The number of nitrogens with zero attached hydrogens (tertiary/aromatic N) is 3. The van der Waals surface area contributed by atoms with Gasteiger partial charge in [0, 0.05) is 6.07 Å². The second-order valence-corrected chi connectivity index (χ2v) is 6.24. The van der Waals surface area contributed by atoms with Crippen molar-refractivity contribution in [1.29, 1.82) is 0 Å². The summed E-state index contributed by atoms with van der Waals surface area (Å²) in [5.41, 5.74) is 2.31. The summed E-state index contributed by atoms with van der Waals surface area (Å²) in [6.45, 7) is 0. The summed E-state index contributed by atoms with van der Waals surface area (Å²) in [7, 11) is 3.19. The smallest absolute Gasteiger partial charge is 0.257 e. The van der Waals surface area contributed by atoms with Crippen LogP contribution in [-0.2, 0) is 5.75 Å². The maximum absolute atomic E-state index is 5.67. The Hall–Kier alpha value is -3.00. The van der Waals surface area contributed by atoms with Gasteiger partial charge < -0.3 is 18.4 Å². The van der Waals surface area contributed by atoms with Gasteiger partial charge in [0.05, 0.1) is 25.5 Å². The first kappa shape index (κ1) is 16.5. The van der Waals surface area contributed by atoms with E-state index < -0.39 is 0 Å². The number of methoxy groups -OCH3 is 2. The highest BCUT2D eigenvalue weighted by atomic mass is 32.2. The predicted octanol–water partition coefficient (Wildman–Crippen LogP) is 4.19. The number of ether oxygens (including phenoxy) is 2. The van der Waals surface area contributed by atoms with Crippen LogP contribution in [0.3, 0.4) is 0 Å². The van der Waals surface area contributed by atoms with Crippen LogP contribution < -0.4 is 9.47 Å². The predicted molar refractivity (Wildman–Crippen MR) is 96.4 cm³/mol. The van der Waals surface area contributed by atoms with Crippen LogP contribution in [0.2, 0.25) is 0 Å². The molecule has 4 rings (SSSR count). The van der Waals surface area contributed by atoms with Crippen molar-refractivity contribution in [2.24, 2.45) is 0 Å². The molecular formula is C18H15N3O4S. The van der Waals surface area contributed by atoms with Crippen molar-refractivity contribution in [3.05, 3.63) is 48.4 Å². The molecule has 2 heterocycles. The standard InChI is InChI=1S/C18H15N3O4S/c1-22-11-7-8-12(15(9-11)23-2)17-20-16(25-21-17)10-26-18-19-13-5-3-4-6-14(13)24-18/h3-9H,10H2,1-2H3. The average Bonchev–Trinajstić information content (AvgIpc) is 3.32. The maximum atomic E-state index is 5.67. The van der Waals surface area contributed by atoms with Gasteiger partial charge in [0.2, 0.25) is 11.7 Å². The Balaban J connectivity index is 1.51. The number of rotatable bonds is 6. The Labute approximate surface area is 153 Å². The largest absolute Gasteiger partial charge is 0.497 e. The summed E-state index contributed by atoms with van der Waals surface area (Å²) in [5.74, 6) is 2.70. The number of fused-ring (bicyclic) bond motifs is 1. The van der Waals surface area contributed by atoms with Gasteiger partial charge in [-0.3, -0.25) is 0 Å². The molecular weight excluding hydrogens is 354 g/mol. The first-order chi connectivity index (χ1) is 12.8. The van der Waals surface area contributed by atoms with E-state index in [1.165, 1.54) is 11.8 Å². The fourth-order valence-corrected chi connectivity index (χ4v) is 3.12. The minimum Gasteiger partial charge on any atom is -0.497 e. The van der Waals surface area contributed by atoms with E-state index in [1.807, 2.05) is 36.4 Å². The highest BCUT2D eigenvalue weighted by Crippen LogP contribution is 2.32. The Morgan fingerprint density at radius 1 is 1.04 bits per heavy atom. The van der Waals surface area contributed by atoms with Crippen molar-refractivity contribution in [2.45, 2.75) is 11.0 Å². The molecule has 26 heavy (non-hydrogen) atoms. The summed E-state index contributed by atoms with van der Waals surface area (Å²) in [6, 6.07) is 13.1. The normalized spacial score (nSPS) is 11.0. The molecule has 0 aliphatic rings. The van der Waals surface area contributed by atoms with E-state index in [-0.39, 0.29) is 0 Å². The van der Waals surface area contributed by atoms with E-state index in [2.05, 4.69) is 15.1 Å². The molecule has 0 atom stereocenters. The van der Waals surface area contributed by atoms with Crippen LogP contribution in [0, 0.1) is 0 Å². The van der Waals surface area contributed by atoms with Gasteiger partial charge in [-0.05, 0) is 24.3 Å². The molecule has 0 N–H and O–H groups in total. The molecule has 0 fully saturated rings. The molecule has 0 amide bonds. The Morgan fingerprint density at radius 2 is 1.92 bits per heavy atom. The second kappa shape index (κ2) is 7.09. The van der Waals surface area contributed by atoms with E-state index in [4.69, 9.17) is 18.4 Å². The Morgan fingerprint density at radius 3 is 2.73 bits per heavy atom. The number of hydrogen-bond donors (Lipinski definition) is 0. The third kappa shape index (κ3) is 3.23. The zero-order valence-corrected chi connectivity index (χ0v) is 14.9. The molecule has 0 radical (unpaired) electrons. The van der Waals surface area contributed by atoms with Gasteiger partial charge in [0.25, 0.3) is 5.22 Å². The van der Waals surface area contributed by atoms with Crippen molar-refractivity contribution in [3.63, 3.8) is 0 Å². The van der Waals surface area contributed by atoms with E-state index in [0.717, 1.165) is 16.7 Å². The molecule has 0 aliphatic carbocycles. The molecule has 7 nitrogen and oxygen atoms in total. The quantitative estimate of drug-likeness (QED) is 0.468. The van der Waals surface area contributed by atoms with Crippen LogP contribution in [0.15, 0.2) is 56.6 Å². The summed E-state index contributed by atoms with van der Waals surface area (Å²) in [5, 5.41) is 4.60. The van der Waals surface area contributed by atoms with Crippen molar-refractivity contribution < 1.29 is 18.4 Å². The van der Waals surface area contributed by atoms with Gasteiger partial charge in [-0.2, -0.15) is 4.98 Å². The number of para-hydroxylation sites is 2. The Kier molecular flexibility index (Phi) is 4.49. The SMILES string of the molecule is COc1ccc(-c2noc(CSc3nc4ccccc4o3)n2)c(OC)c1. The molecule has 2 aromatic carbocycles. The van der Waals surface area contributed by atoms with Crippen molar-refractivity contribution in [2.75, 3.05) is 14.2 Å². The van der Waals surface area contributed by atoms with E-state index in [9.17, 15) is 0 Å². The van der Waals surface area contributed by atoms with Crippen molar-refractivity contribution in [1.82, 2.24) is 15.1 Å². The maximum Gasteiger partial charge on any atom is 0.257 e. The molecule has 2 aromatic heterocycles. The first-order valence-electron chi connectivity index (χ1n) is 7.80. The third-order valence-corrected chi connectivity index (χ3v) is 4.52. The van der Waals surface area contributed by atoms with Crippen LogP contribution in [-0.4, -0.2) is 29.3 Å². The monoisotopic (exact) mass is 369 g/mol. The molecule has 4 aromatic rings. The van der Waals surface area contributed by atoms with Crippen molar-refractivity contribution in [3.8, 4) is 22.9 Å². The molecule has 0 saturated heterocycles. The fraction of sp³-hybridized carbons (Fsp3) is 0.167. The summed E-state index contributed by atoms with van der Waals surface area (Å²) in [6.07, 6.45) is 0. The van der Waals surface area contributed by atoms with E-state index in [0.29, 0.717) is 34.2 Å². The fourth-order valence-electron chi connectivity index (χ4n) is 2.44. The number of aromatic nitrogens is 3. The number of thioether (sulfide) groups is 1. The van der Waals surface area contributed by atoms with Gasteiger partial charge in [-0.25, -0.2) is 4.98 Å². The van der Waals surface area contributed by atoms with Crippen molar-refractivity contribution >= 4 is 22.9 Å². The molecule has 0 aliphatic heterocycles.